The molecule has 0 aliphatic rings. The van der Waals surface area contributed by atoms with E-state index >= 15 is 0 Å². The Morgan fingerprint density at radius 1 is 1.30 bits per heavy atom. The predicted octanol–water partition coefficient (Wildman–Crippen LogP) is 1.94. The molecule has 0 spiro atoms. The summed E-state index contributed by atoms with van der Waals surface area (Å²) in [4.78, 5) is 0.317. The summed E-state index contributed by atoms with van der Waals surface area (Å²) in [5.74, 6) is 0. The third-order valence-electron chi connectivity index (χ3n) is 3.15. The zero-order chi connectivity index (χ0) is 14.6. The van der Waals surface area contributed by atoms with Gasteiger partial charge in [-0.25, -0.2) is 13.1 Å². The van der Waals surface area contributed by atoms with Crippen LogP contribution in [0.2, 0.25) is 0 Å². The fraction of sp³-hybridized carbons (Fsp3) is 0.357. The van der Waals surface area contributed by atoms with Crippen LogP contribution in [0.4, 0.5) is 0 Å². The van der Waals surface area contributed by atoms with E-state index in [2.05, 4.69) is 14.9 Å². The van der Waals surface area contributed by atoms with Crippen molar-refractivity contribution >= 4 is 10.0 Å². The molecule has 0 atom stereocenters. The fourth-order valence-electron chi connectivity index (χ4n) is 1.98. The maximum Gasteiger partial charge on any atom is 0.240 e. The Kier molecular flexibility index (Phi) is 4.57. The molecule has 0 saturated carbocycles. The van der Waals surface area contributed by atoms with E-state index in [1.807, 2.05) is 19.9 Å². The Morgan fingerprint density at radius 2 is 2.10 bits per heavy atom. The molecule has 2 rings (SSSR count). The van der Waals surface area contributed by atoms with E-state index in [0.29, 0.717) is 11.4 Å². The zero-order valence-corrected chi connectivity index (χ0v) is 12.5. The number of nitrogens with zero attached hydrogens (tertiary/aromatic N) is 1. The van der Waals surface area contributed by atoms with Crippen LogP contribution in [0.1, 0.15) is 23.2 Å². The summed E-state index contributed by atoms with van der Waals surface area (Å²) in [6, 6.07) is 6.90. The van der Waals surface area contributed by atoms with Crippen LogP contribution in [0.15, 0.2) is 35.4 Å². The van der Waals surface area contributed by atoms with Crippen LogP contribution in [0.25, 0.3) is 0 Å². The molecule has 2 N–H and O–H groups in total. The minimum absolute atomic E-state index is 0.317. The van der Waals surface area contributed by atoms with Gasteiger partial charge < -0.3 is 0 Å². The van der Waals surface area contributed by atoms with E-state index in [1.54, 1.807) is 24.4 Å². The van der Waals surface area contributed by atoms with Crippen molar-refractivity contribution in [3.8, 4) is 0 Å². The van der Waals surface area contributed by atoms with Crippen molar-refractivity contribution in [3.05, 3.63) is 47.3 Å². The summed E-state index contributed by atoms with van der Waals surface area (Å²) in [7, 11) is -3.41. The highest BCUT2D eigenvalue weighted by atomic mass is 32.2. The highest BCUT2D eigenvalue weighted by molar-refractivity contribution is 7.89. The van der Waals surface area contributed by atoms with Crippen molar-refractivity contribution in [2.24, 2.45) is 0 Å². The number of hydrogen-bond donors (Lipinski definition) is 2. The zero-order valence-electron chi connectivity index (χ0n) is 11.7. The molecule has 20 heavy (non-hydrogen) atoms. The lowest BCUT2D eigenvalue weighted by Crippen LogP contribution is -2.25. The van der Waals surface area contributed by atoms with E-state index in [0.717, 1.165) is 29.7 Å². The normalized spacial score (nSPS) is 11.7. The summed E-state index contributed by atoms with van der Waals surface area (Å²) >= 11 is 0. The molecule has 1 heterocycles. The Hall–Kier alpha value is -1.66. The molecule has 0 amide bonds. The van der Waals surface area contributed by atoms with Gasteiger partial charge >= 0.3 is 0 Å². The number of sulfonamides is 1. The summed E-state index contributed by atoms with van der Waals surface area (Å²) in [5, 5.41) is 6.81. The quantitative estimate of drug-likeness (QED) is 0.799. The summed E-state index contributed by atoms with van der Waals surface area (Å²) in [5.41, 5.74) is 3.09. The Labute approximate surface area is 119 Å². The maximum absolute atomic E-state index is 12.1. The topological polar surface area (TPSA) is 74.8 Å². The van der Waals surface area contributed by atoms with Gasteiger partial charge in [0.15, 0.2) is 0 Å². The van der Waals surface area contributed by atoms with E-state index in [-0.39, 0.29) is 0 Å². The summed E-state index contributed by atoms with van der Waals surface area (Å²) < 4.78 is 26.8. The van der Waals surface area contributed by atoms with Crippen molar-refractivity contribution < 1.29 is 8.42 Å². The van der Waals surface area contributed by atoms with Crippen LogP contribution in [0, 0.1) is 13.8 Å². The summed E-state index contributed by atoms with van der Waals surface area (Å²) in [6.07, 6.45) is 3.33. The first kappa shape index (κ1) is 14.7. The second-order valence-electron chi connectivity index (χ2n) is 4.84. The van der Waals surface area contributed by atoms with Gasteiger partial charge in [-0.15, -0.1) is 0 Å². The smallest absolute Gasteiger partial charge is 0.240 e. The lowest BCUT2D eigenvalue weighted by atomic mass is 10.1. The Balaban J connectivity index is 1.89. The van der Waals surface area contributed by atoms with Gasteiger partial charge in [0.25, 0.3) is 0 Å². The maximum atomic E-state index is 12.1. The standard InChI is InChI=1S/C14H19N3O2S/c1-11-5-3-7-14(9-11)20(18,19)16-8-4-6-13-10-15-17-12(13)2/h3,5,7,9-10,16H,4,6,8H2,1-2H3,(H,15,17). The number of aromatic nitrogens is 2. The predicted molar refractivity (Wildman–Crippen MR) is 78.0 cm³/mol. The van der Waals surface area contributed by atoms with E-state index in [4.69, 9.17) is 0 Å². The van der Waals surface area contributed by atoms with Crippen molar-refractivity contribution in [3.63, 3.8) is 0 Å². The Morgan fingerprint density at radius 3 is 2.75 bits per heavy atom. The van der Waals surface area contributed by atoms with Crippen LogP contribution < -0.4 is 4.72 Å². The van der Waals surface area contributed by atoms with Gasteiger partial charge in [0, 0.05) is 12.2 Å². The average Bonchev–Trinajstić information content (AvgIpc) is 2.80. The van der Waals surface area contributed by atoms with Crippen molar-refractivity contribution in [2.75, 3.05) is 6.54 Å². The van der Waals surface area contributed by atoms with Gasteiger partial charge in [0.05, 0.1) is 11.1 Å². The van der Waals surface area contributed by atoms with Crippen molar-refractivity contribution in [2.45, 2.75) is 31.6 Å². The number of hydrogen-bond acceptors (Lipinski definition) is 3. The first-order valence-electron chi connectivity index (χ1n) is 6.54. The van der Waals surface area contributed by atoms with Gasteiger partial charge in [0.1, 0.15) is 0 Å². The first-order chi connectivity index (χ1) is 9.49. The third kappa shape index (κ3) is 3.68. The molecule has 0 saturated heterocycles. The third-order valence-corrected chi connectivity index (χ3v) is 4.61. The van der Waals surface area contributed by atoms with Crippen LogP contribution in [-0.2, 0) is 16.4 Å². The molecule has 5 nitrogen and oxygen atoms in total. The first-order valence-corrected chi connectivity index (χ1v) is 8.02. The van der Waals surface area contributed by atoms with Crippen LogP contribution in [0.5, 0.6) is 0 Å². The SMILES string of the molecule is Cc1cccc(S(=O)(=O)NCCCc2cn[nH]c2C)c1. The van der Waals surface area contributed by atoms with Crippen molar-refractivity contribution in [1.82, 2.24) is 14.9 Å². The highest BCUT2D eigenvalue weighted by Gasteiger charge is 2.13. The minimum Gasteiger partial charge on any atom is -0.283 e. The average molecular weight is 293 g/mol. The van der Waals surface area contributed by atoms with Gasteiger partial charge in [-0.05, 0) is 49.9 Å². The highest BCUT2D eigenvalue weighted by Crippen LogP contribution is 2.11. The molecule has 0 aliphatic heterocycles. The molecule has 6 heteroatoms. The van der Waals surface area contributed by atoms with E-state index < -0.39 is 10.0 Å². The van der Waals surface area contributed by atoms with Crippen LogP contribution in [-0.4, -0.2) is 25.2 Å². The second-order valence-corrected chi connectivity index (χ2v) is 6.61. The lowest BCUT2D eigenvalue weighted by Gasteiger charge is -2.07. The van der Waals surface area contributed by atoms with Crippen molar-refractivity contribution in [1.29, 1.82) is 0 Å². The molecule has 0 radical (unpaired) electrons. The van der Waals surface area contributed by atoms with E-state index in [9.17, 15) is 8.42 Å². The molecule has 1 aromatic carbocycles. The fourth-order valence-corrected chi connectivity index (χ4v) is 3.16. The number of benzene rings is 1. The number of aromatic amines is 1. The van der Waals surface area contributed by atoms with Crippen LogP contribution in [0.3, 0.4) is 0 Å². The molecule has 2 aromatic rings. The molecular weight excluding hydrogens is 274 g/mol. The van der Waals surface area contributed by atoms with Gasteiger partial charge in [0.2, 0.25) is 10.0 Å². The molecule has 0 unspecified atom stereocenters. The molecule has 0 aliphatic carbocycles. The van der Waals surface area contributed by atoms with Crippen LogP contribution >= 0.6 is 0 Å². The molecule has 0 bridgehead atoms. The molecule has 108 valence electrons. The minimum atomic E-state index is -3.41. The largest absolute Gasteiger partial charge is 0.283 e. The summed E-state index contributed by atoms with van der Waals surface area (Å²) in [6.45, 7) is 4.25. The Bertz CT molecular complexity index is 677. The second kappa shape index (κ2) is 6.19. The number of H-pyrrole nitrogens is 1. The van der Waals surface area contributed by atoms with Gasteiger partial charge in [-0.3, -0.25) is 5.10 Å². The van der Waals surface area contributed by atoms with Gasteiger partial charge in [-0.2, -0.15) is 5.10 Å². The molecule has 1 aromatic heterocycles. The van der Waals surface area contributed by atoms with Gasteiger partial charge in [-0.1, -0.05) is 12.1 Å². The number of aryl methyl sites for hydroxylation is 3. The lowest BCUT2D eigenvalue weighted by molar-refractivity contribution is 0.579. The van der Waals surface area contributed by atoms with E-state index in [1.165, 1.54) is 0 Å². The number of rotatable bonds is 6. The monoisotopic (exact) mass is 293 g/mol. The number of nitrogens with one attached hydrogen (secondary N) is 2. The molecule has 0 fully saturated rings. The molecular formula is C14H19N3O2S.